The fourth-order valence-electron chi connectivity index (χ4n) is 4.93. The molecule has 1 saturated heterocycles. The van der Waals surface area contributed by atoms with E-state index >= 15 is 0 Å². The molecule has 2 aliphatic rings. The SMILES string of the molecule is CCCCCOc1ccc(N=C2C(=O)N(CN3CCN(c4ccc([N+](=O)[O-])cc4)CC3)c3ccccc32)cc1. The van der Waals surface area contributed by atoms with Crippen LogP contribution < -0.4 is 14.5 Å². The molecule has 0 N–H and O–H groups in total. The molecule has 3 aromatic rings. The van der Waals surface area contributed by atoms with Gasteiger partial charge in [0.2, 0.25) is 0 Å². The summed E-state index contributed by atoms with van der Waals surface area (Å²) in [6, 6.07) is 22.0. The van der Waals surface area contributed by atoms with E-state index in [-0.39, 0.29) is 16.5 Å². The van der Waals surface area contributed by atoms with Gasteiger partial charge in [0.15, 0.2) is 0 Å². The van der Waals surface area contributed by atoms with E-state index in [1.807, 2.05) is 48.5 Å². The number of nitro groups is 1. The van der Waals surface area contributed by atoms with Gasteiger partial charge in [-0.05, 0) is 48.9 Å². The van der Waals surface area contributed by atoms with Gasteiger partial charge in [0.25, 0.3) is 11.6 Å². The van der Waals surface area contributed by atoms with Crippen LogP contribution in [0.25, 0.3) is 0 Å². The number of benzene rings is 3. The number of unbranched alkanes of at least 4 members (excludes halogenated alkanes) is 2. The number of amides is 1. The molecular weight excluding hydrogens is 494 g/mol. The monoisotopic (exact) mass is 527 g/mol. The molecule has 3 aromatic carbocycles. The summed E-state index contributed by atoms with van der Waals surface area (Å²) in [6.45, 7) is 6.44. The van der Waals surface area contributed by atoms with E-state index in [2.05, 4.69) is 16.7 Å². The van der Waals surface area contributed by atoms with Crippen molar-refractivity contribution in [2.45, 2.75) is 26.2 Å². The first-order valence-corrected chi connectivity index (χ1v) is 13.5. The summed E-state index contributed by atoms with van der Waals surface area (Å²) in [6.07, 6.45) is 3.34. The fourth-order valence-corrected chi connectivity index (χ4v) is 4.93. The molecule has 0 aromatic heterocycles. The standard InChI is InChI=1S/C30H33N5O4/c1-2-3-6-21-39-26-15-9-23(10-16-26)31-29-27-7-4-5-8-28(27)34(30(29)36)22-32-17-19-33(20-18-32)24-11-13-25(14-12-24)35(37)38/h4-5,7-16H,2-3,6,17-22H2,1H3. The number of hydrogen-bond donors (Lipinski definition) is 0. The molecule has 0 spiro atoms. The number of non-ortho nitro benzene ring substituents is 1. The van der Waals surface area contributed by atoms with Crippen molar-refractivity contribution in [1.82, 2.24) is 4.90 Å². The summed E-state index contributed by atoms with van der Waals surface area (Å²) in [5.74, 6) is 0.705. The van der Waals surface area contributed by atoms with Crippen LogP contribution in [0.15, 0.2) is 77.8 Å². The van der Waals surface area contributed by atoms with Crippen LogP contribution in [0.1, 0.15) is 31.7 Å². The number of anilines is 2. The van der Waals surface area contributed by atoms with E-state index in [4.69, 9.17) is 9.73 Å². The quantitative estimate of drug-likeness (QED) is 0.199. The van der Waals surface area contributed by atoms with Gasteiger partial charge in [-0.3, -0.25) is 24.7 Å². The Morgan fingerprint density at radius 1 is 0.923 bits per heavy atom. The number of fused-ring (bicyclic) bond motifs is 1. The van der Waals surface area contributed by atoms with E-state index < -0.39 is 0 Å². The van der Waals surface area contributed by atoms with Gasteiger partial charge >= 0.3 is 0 Å². The Balaban J connectivity index is 1.23. The van der Waals surface area contributed by atoms with Crippen molar-refractivity contribution in [2.75, 3.05) is 49.3 Å². The third kappa shape index (κ3) is 6.09. The Bertz CT molecular complexity index is 1330. The first-order valence-electron chi connectivity index (χ1n) is 13.5. The molecule has 0 radical (unpaired) electrons. The van der Waals surface area contributed by atoms with E-state index in [0.29, 0.717) is 24.7 Å². The summed E-state index contributed by atoms with van der Waals surface area (Å²) >= 11 is 0. The minimum absolute atomic E-state index is 0.0905. The van der Waals surface area contributed by atoms with E-state index in [1.165, 1.54) is 12.1 Å². The number of piperazine rings is 1. The maximum atomic E-state index is 13.6. The van der Waals surface area contributed by atoms with Gasteiger partial charge in [-0.2, -0.15) is 0 Å². The molecule has 2 aliphatic heterocycles. The van der Waals surface area contributed by atoms with Crippen LogP contribution in [0, 0.1) is 10.1 Å². The highest BCUT2D eigenvalue weighted by Gasteiger charge is 2.35. The van der Waals surface area contributed by atoms with Gasteiger partial charge in [0.05, 0.1) is 29.6 Å². The van der Waals surface area contributed by atoms with Crippen molar-refractivity contribution < 1.29 is 14.5 Å². The number of rotatable bonds is 10. The molecule has 39 heavy (non-hydrogen) atoms. The van der Waals surface area contributed by atoms with Crippen molar-refractivity contribution >= 4 is 34.4 Å². The lowest BCUT2D eigenvalue weighted by Crippen LogP contribution is -2.51. The highest BCUT2D eigenvalue weighted by atomic mass is 16.6. The number of para-hydroxylation sites is 1. The van der Waals surface area contributed by atoms with Crippen LogP contribution in [0.2, 0.25) is 0 Å². The summed E-state index contributed by atoms with van der Waals surface area (Å²) < 4.78 is 5.80. The third-order valence-corrected chi connectivity index (χ3v) is 7.13. The van der Waals surface area contributed by atoms with Crippen molar-refractivity contribution in [3.05, 3.63) is 88.5 Å². The second-order valence-electron chi connectivity index (χ2n) is 9.78. The van der Waals surface area contributed by atoms with Crippen LogP contribution >= 0.6 is 0 Å². The summed E-state index contributed by atoms with van der Waals surface area (Å²) in [4.78, 5) is 35.1. The normalized spacial score (nSPS) is 16.5. The molecule has 1 amide bonds. The molecule has 9 nitrogen and oxygen atoms in total. The van der Waals surface area contributed by atoms with Crippen molar-refractivity contribution in [3.63, 3.8) is 0 Å². The average molecular weight is 528 g/mol. The smallest absolute Gasteiger partial charge is 0.278 e. The Hall–Kier alpha value is -4.24. The van der Waals surface area contributed by atoms with Crippen molar-refractivity contribution in [3.8, 4) is 5.75 Å². The number of ether oxygens (including phenoxy) is 1. The molecule has 1 fully saturated rings. The maximum Gasteiger partial charge on any atom is 0.278 e. The summed E-state index contributed by atoms with van der Waals surface area (Å²) in [7, 11) is 0. The van der Waals surface area contributed by atoms with E-state index in [9.17, 15) is 14.9 Å². The van der Waals surface area contributed by atoms with Gasteiger partial charge < -0.3 is 9.64 Å². The Kier molecular flexibility index (Phi) is 8.17. The van der Waals surface area contributed by atoms with E-state index in [0.717, 1.165) is 68.1 Å². The largest absolute Gasteiger partial charge is 0.494 e. The molecule has 202 valence electrons. The van der Waals surface area contributed by atoms with Crippen molar-refractivity contribution in [1.29, 1.82) is 0 Å². The Labute approximate surface area is 228 Å². The number of nitrogens with zero attached hydrogens (tertiary/aromatic N) is 5. The van der Waals surface area contributed by atoms with Crippen LogP contribution in [-0.2, 0) is 4.79 Å². The van der Waals surface area contributed by atoms with Gasteiger partial charge in [-0.1, -0.05) is 38.0 Å². The highest BCUT2D eigenvalue weighted by Crippen LogP contribution is 2.32. The maximum absolute atomic E-state index is 13.6. The number of nitro benzene ring substituents is 1. The van der Waals surface area contributed by atoms with Crippen LogP contribution in [0.5, 0.6) is 5.75 Å². The van der Waals surface area contributed by atoms with Crippen molar-refractivity contribution in [2.24, 2.45) is 4.99 Å². The lowest BCUT2D eigenvalue weighted by molar-refractivity contribution is -0.384. The average Bonchev–Trinajstić information content (AvgIpc) is 3.22. The predicted octanol–water partition coefficient (Wildman–Crippen LogP) is 5.41. The number of carbonyl (C=O) groups is 1. The molecule has 0 aliphatic carbocycles. The lowest BCUT2D eigenvalue weighted by atomic mass is 10.1. The third-order valence-electron chi connectivity index (χ3n) is 7.13. The first kappa shape index (κ1) is 26.4. The minimum atomic E-state index is -0.386. The molecule has 0 atom stereocenters. The fraction of sp³-hybridized carbons (Fsp3) is 0.333. The second-order valence-corrected chi connectivity index (χ2v) is 9.78. The van der Waals surface area contributed by atoms with E-state index in [1.54, 1.807) is 17.0 Å². The lowest BCUT2D eigenvalue weighted by Gasteiger charge is -2.37. The van der Waals surface area contributed by atoms with Gasteiger partial charge in [-0.25, -0.2) is 4.99 Å². The zero-order chi connectivity index (χ0) is 27.2. The Morgan fingerprint density at radius 2 is 1.64 bits per heavy atom. The van der Waals surface area contributed by atoms with Crippen LogP contribution in [0.3, 0.4) is 0 Å². The van der Waals surface area contributed by atoms with Gasteiger partial charge in [0, 0.05) is 49.6 Å². The second kappa shape index (κ2) is 12.1. The van der Waals surface area contributed by atoms with Gasteiger partial charge in [-0.15, -0.1) is 0 Å². The molecular formula is C30H33N5O4. The molecule has 9 heteroatoms. The Morgan fingerprint density at radius 3 is 2.33 bits per heavy atom. The molecule has 0 unspecified atom stereocenters. The summed E-state index contributed by atoms with van der Waals surface area (Å²) in [5, 5.41) is 10.9. The highest BCUT2D eigenvalue weighted by molar-refractivity contribution is 6.54. The zero-order valence-electron chi connectivity index (χ0n) is 22.2. The van der Waals surface area contributed by atoms with Gasteiger partial charge in [0.1, 0.15) is 11.5 Å². The van der Waals surface area contributed by atoms with Crippen LogP contribution in [-0.4, -0.2) is 60.9 Å². The van der Waals surface area contributed by atoms with Crippen LogP contribution in [0.4, 0.5) is 22.7 Å². The minimum Gasteiger partial charge on any atom is -0.494 e. The molecule has 0 saturated carbocycles. The molecule has 5 rings (SSSR count). The topological polar surface area (TPSA) is 91.5 Å². The number of hydrogen-bond acceptors (Lipinski definition) is 7. The zero-order valence-corrected chi connectivity index (χ0v) is 22.2. The number of carbonyl (C=O) groups excluding carboxylic acids is 1. The first-order chi connectivity index (χ1) is 19.0. The summed E-state index contributed by atoms with van der Waals surface area (Å²) in [5.41, 5.74) is 3.93. The molecule has 2 heterocycles. The molecule has 0 bridgehead atoms. The predicted molar refractivity (Wildman–Crippen MR) is 153 cm³/mol. The number of aliphatic imine (C=N–C) groups is 1.